The second-order valence-electron chi connectivity index (χ2n) is 4.79. The summed E-state index contributed by atoms with van der Waals surface area (Å²) < 4.78 is 5.96. The van der Waals surface area contributed by atoms with Crippen LogP contribution in [0.15, 0.2) is 22.7 Å². The molecule has 18 heavy (non-hydrogen) atoms. The number of benzene rings is 1. The molecular formula is C13H17BrN2O2. The van der Waals surface area contributed by atoms with Crippen molar-refractivity contribution in [1.82, 2.24) is 0 Å². The second-order valence-corrected chi connectivity index (χ2v) is 5.64. The summed E-state index contributed by atoms with van der Waals surface area (Å²) in [6, 6.07) is 5.46. The van der Waals surface area contributed by atoms with Crippen molar-refractivity contribution in [2.75, 3.05) is 12.4 Å². The van der Waals surface area contributed by atoms with Crippen LogP contribution in [0.1, 0.15) is 25.7 Å². The summed E-state index contributed by atoms with van der Waals surface area (Å²) in [4.78, 5) is 11.9. The Hall–Kier alpha value is -1.07. The van der Waals surface area contributed by atoms with Gasteiger partial charge in [0.15, 0.2) is 0 Å². The fourth-order valence-corrected chi connectivity index (χ4v) is 2.39. The van der Waals surface area contributed by atoms with E-state index in [1.54, 1.807) is 13.2 Å². The van der Waals surface area contributed by atoms with Gasteiger partial charge in [-0.15, -0.1) is 0 Å². The van der Waals surface area contributed by atoms with Crippen LogP contribution >= 0.6 is 15.9 Å². The number of anilines is 1. The van der Waals surface area contributed by atoms with E-state index in [0.29, 0.717) is 17.9 Å². The molecule has 3 N–H and O–H groups in total. The van der Waals surface area contributed by atoms with Gasteiger partial charge < -0.3 is 15.8 Å². The van der Waals surface area contributed by atoms with Crippen LogP contribution in [0, 0.1) is 0 Å². The van der Waals surface area contributed by atoms with Crippen LogP contribution < -0.4 is 15.8 Å². The number of rotatable bonds is 4. The number of nitrogens with one attached hydrogen (secondary N) is 1. The SMILES string of the molecule is COc1ccc(Br)c(NC(=O)CC2(N)CCC2)c1. The number of hydrogen-bond donors (Lipinski definition) is 2. The van der Waals surface area contributed by atoms with Crippen molar-refractivity contribution in [2.24, 2.45) is 5.73 Å². The predicted molar refractivity (Wildman–Crippen MR) is 74.7 cm³/mol. The Morgan fingerprint density at radius 1 is 1.56 bits per heavy atom. The Morgan fingerprint density at radius 2 is 2.28 bits per heavy atom. The maximum atomic E-state index is 11.9. The molecule has 1 fully saturated rings. The minimum atomic E-state index is -0.296. The number of halogens is 1. The number of hydrogen-bond acceptors (Lipinski definition) is 3. The van der Waals surface area contributed by atoms with Gasteiger partial charge in [-0.2, -0.15) is 0 Å². The van der Waals surface area contributed by atoms with Gasteiger partial charge in [0.25, 0.3) is 0 Å². The van der Waals surface area contributed by atoms with E-state index < -0.39 is 0 Å². The Balaban J connectivity index is 2.02. The summed E-state index contributed by atoms with van der Waals surface area (Å²) in [5, 5.41) is 2.86. The van der Waals surface area contributed by atoms with E-state index in [9.17, 15) is 4.79 Å². The van der Waals surface area contributed by atoms with Crippen molar-refractivity contribution < 1.29 is 9.53 Å². The van der Waals surface area contributed by atoms with Crippen LogP contribution in [0.2, 0.25) is 0 Å². The molecule has 0 aromatic heterocycles. The molecule has 0 bridgehead atoms. The molecule has 1 saturated carbocycles. The molecule has 4 nitrogen and oxygen atoms in total. The predicted octanol–water partition coefficient (Wildman–Crippen LogP) is 2.67. The highest BCUT2D eigenvalue weighted by Gasteiger charge is 2.34. The molecular weight excluding hydrogens is 296 g/mol. The molecule has 0 saturated heterocycles. The van der Waals surface area contributed by atoms with E-state index in [-0.39, 0.29) is 11.4 Å². The average Bonchev–Trinajstić information content (AvgIpc) is 2.30. The molecule has 1 aliphatic rings. The average molecular weight is 313 g/mol. The number of methoxy groups -OCH3 is 1. The highest BCUT2D eigenvalue weighted by Crippen LogP contribution is 2.33. The quantitative estimate of drug-likeness (QED) is 0.898. The second kappa shape index (κ2) is 5.28. The fraction of sp³-hybridized carbons (Fsp3) is 0.462. The van der Waals surface area contributed by atoms with Gasteiger partial charge in [0.2, 0.25) is 5.91 Å². The van der Waals surface area contributed by atoms with E-state index in [1.165, 1.54) is 0 Å². The molecule has 2 rings (SSSR count). The largest absolute Gasteiger partial charge is 0.497 e. The van der Waals surface area contributed by atoms with Gasteiger partial charge in [-0.3, -0.25) is 4.79 Å². The van der Waals surface area contributed by atoms with E-state index in [0.717, 1.165) is 23.7 Å². The molecule has 98 valence electrons. The summed E-state index contributed by atoms with van der Waals surface area (Å²) in [5.41, 5.74) is 6.47. The maximum absolute atomic E-state index is 11.9. The van der Waals surface area contributed by atoms with E-state index in [2.05, 4.69) is 21.2 Å². The Morgan fingerprint density at radius 3 is 2.83 bits per heavy atom. The van der Waals surface area contributed by atoms with Crippen molar-refractivity contribution in [3.63, 3.8) is 0 Å². The molecule has 0 unspecified atom stereocenters. The lowest BCUT2D eigenvalue weighted by Crippen LogP contribution is -2.48. The third-order valence-electron chi connectivity index (χ3n) is 3.31. The van der Waals surface area contributed by atoms with Crippen molar-refractivity contribution in [2.45, 2.75) is 31.2 Å². The third kappa shape index (κ3) is 3.03. The molecule has 1 amide bonds. The zero-order valence-electron chi connectivity index (χ0n) is 10.3. The molecule has 0 aliphatic heterocycles. The highest BCUT2D eigenvalue weighted by atomic mass is 79.9. The first kappa shape index (κ1) is 13.4. The lowest BCUT2D eigenvalue weighted by molar-refractivity contribution is -0.118. The number of ether oxygens (including phenoxy) is 1. The van der Waals surface area contributed by atoms with Crippen LogP contribution in [-0.2, 0) is 4.79 Å². The number of carbonyl (C=O) groups is 1. The number of amides is 1. The molecule has 1 aromatic rings. The lowest BCUT2D eigenvalue weighted by atomic mass is 9.75. The van der Waals surface area contributed by atoms with Gasteiger partial charge in [-0.05, 0) is 47.3 Å². The lowest BCUT2D eigenvalue weighted by Gasteiger charge is -2.37. The molecule has 0 spiro atoms. The Labute approximate surface area is 115 Å². The maximum Gasteiger partial charge on any atom is 0.226 e. The molecule has 0 heterocycles. The van der Waals surface area contributed by atoms with E-state index >= 15 is 0 Å². The smallest absolute Gasteiger partial charge is 0.226 e. The summed E-state index contributed by atoms with van der Waals surface area (Å²) >= 11 is 3.40. The summed E-state index contributed by atoms with van der Waals surface area (Å²) in [6.45, 7) is 0. The molecule has 5 heteroatoms. The van der Waals surface area contributed by atoms with Crippen LogP contribution in [0.3, 0.4) is 0 Å². The van der Waals surface area contributed by atoms with Gasteiger partial charge in [0.1, 0.15) is 5.75 Å². The first-order valence-electron chi connectivity index (χ1n) is 5.95. The van der Waals surface area contributed by atoms with Gasteiger partial charge in [0, 0.05) is 22.5 Å². The fourth-order valence-electron chi connectivity index (χ4n) is 2.05. The van der Waals surface area contributed by atoms with Crippen molar-refractivity contribution in [1.29, 1.82) is 0 Å². The highest BCUT2D eigenvalue weighted by molar-refractivity contribution is 9.10. The molecule has 1 aromatic carbocycles. The Bertz CT molecular complexity index is 458. The van der Waals surface area contributed by atoms with E-state index in [4.69, 9.17) is 10.5 Å². The van der Waals surface area contributed by atoms with Crippen molar-refractivity contribution in [3.05, 3.63) is 22.7 Å². The topological polar surface area (TPSA) is 64.3 Å². The first-order valence-corrected chi connectivity index (χ1v) is 6.74. The van der Waals surface area contributed by atoms with Gasteiger partial charge in [-0.25, -0.2) is 0 Å². The standard InChI is InChI=1S/C13H17BrN2O2/c1-18-9-3-4-10(14)11(7-9)16-12(17)8-13(15)5-2-6-13/h3-4,7H,2,5-6,8,15H2,1H3,(H,16,17). The summed E-state index contributed by atoms with van der Waals surface area (Å²) in [5.74, 6) is 0.658. The molecule has 0 atom stereocenters. The zero-order chi connectivity index (χ0) is 13.2. The minimum Gasteiger partial charge on any atom is -0.497 e. The number of carbonyl (C=O) groups excluding carboxylic acids is 1. The minimum absolute atomic E-state index is 0.0499. The van der Waals surface area contributed by atoms with Crippen LogP contribution in [0.4, 0.5) is 5.69 Å². The van der Waals surface area contributed by atoms with Crippen molar-refractivity contribution >= 4 is 27.5 Å². The van der Waals surface area contributed by atoms with Crippen LogP contribution in [-0.4, -0.2) is 18.6 Å². The zero-order valence-corrected chi connectivity index (χ0v) is 11.9. The van der Waals surface area contributed by atoms with Crippen LogP contribution in [0.5, 0.6) is 5.75 Å². The van der Waals surface area contributed by atoms with Crippen molar-refractivity contribution in [3.8, 4) is 5.75 Å². The van der Waals surface area contributed by atoms with Crippen LogP contribution in [0.25, 0.3) is 0 Å². The van der Waals surface area contributed by atoms with Gasteiger partial charge in [-0.1, -0.05) is 0 Å². The normalized spacial score (nSPS) is 16.8. The van der Waals surface area contributed by atoms with E-state index in [1.807, 2.05) is 12.1 Å². The van der Waals surface area contributed by atoms with Gasteiger partial charge in [0.05, 0.1) is 12.8 Å². The molecule has 0 radical (unpaired) electrons. The summed E-state index contributed by atoms with van der Waals surface area (Å²) in [7, 11) is 1.60. The monoisotopic (exact) mass is 312 g/mol. The molecule has 1 aliphatic carbocycles. The number of nitrogens with two attached hydrogens (primary N) is 1. The Kier molecular flexibility index (Phi) is 3.92. The first-order chi connectivity index (χ1) is 8.52. The summed E-state index contributed by atoms with van der Waals surface area (Å²) in [6.07, 6.45) is 3.35. The van der Waals surface area contributed by atoms with Gasteiger partial charge >= 0.3 is 0 Å². The third-order valence-corrected chi connectivity index (χ3v) is 4.00.